The molecule has 114 valence electrons. The minimum Gasteiger partial charge on any atom is -0.491 e. The molecule has 0 saturated heterocycles. The van der Waals surface area contributed by atoms with Gasteiger partial charge in [0, 0.05) is 11.6 Å². The second-order valence-electron chi connectivity index (χ2n) is 5.14. The van der Waals surface area contributed by atoms with Gasteiger partial charge in [0.1, 0.15) is 18.5 Å². The van der Waals surface area contributed by atoms with Gasteiger partial charge in [-0.15, -0.1) is 0 Å². The van der Waals surface area contributed by atoms with E-state index in [4.69, 9.17) is 16.3 Å². The number of halogens is 1. The number of rotatable bonds is 10. The third kappa shape index (κ3) is 7.13. The highest BCUT2D eigenvalue weighted by Crippen LogP contribution is 2.21. The van der Waals surface area contributed by atoms with Crippen LogP contribution in [0.15, 0.2) is 18.2 Å². The Balaban J connectivity index is 2.13. The molecule has 0 fully saturated rings. The number of aliphatic hydroxyl groups excluding tert-OH is 1. The van der Waals surface area contributed by atoms with Crippen molar-refractivity contribution in [3.8, 4) is 5.75 Å². The van der Waals surface area contributed by atoms with Crippen LogP contribution in [0, 0.1) is 6.92 Å². The van der Waals surface area contributed by atoms with Crippen LogP contribution in [0.1, 0.15) is 38.2 Å². The summed E-state index contributed by atoms with van der Waals surface area (Å²) in [6, 6.07) is 5.51. The van der Waals surface area contributed by atoms with Crippen LogP contribution in [-0.4, -0.2) is 30.9 Å². The Morgan fingerprint density at radius 1 is 1.30 bits per heavy atom. The van der Waals surface area contributed by atoms with Gasteiger partial charge in [-0.3, -0.25) is 0 Å². The van der Waals surface area contributed by atoms with Gasteiger partial charge in [0.15, 0.2) is 0 Å². The molecule has 0 heterocycles. The SMILES string of the molecule is CCCCCCNCC(O)COc1ccc(Cl)c(C)c1. The van der Waals surface area contributed by atoms with Crippen LogP contribution in [0.4, 0.5) is 0 Å². The molecule has 1 atom stereocenters. The third-order valence-corrected chi connectivity index (χ3v) is 3.58. The van der Waals surface area contributed by atoms with Crippen molar-refractivity contribution in [3.05, 3.63) is 28.8 Å². The van der Waals surface area contributed by atoms with Crippen LogP contribution in [0.2, 0.25) is 5.02 Å². The van der Waals surface area contributed by atoms with Gasteiger partial charge >= 0.3 is 0 Å². The van der Waals surface area contributed by atoms with Gasteiger partial charge in [-0.05, 0) is 43.7 Å². The highest BCUT2D eigenvalue weighted by molar-refractivity contribution is 6.31. The fraction of sp³-hybridized carbons (Fsp3) is 0.625. The number of aryl methyl sites for hydroxylation is 1. The summed E-state index contributed by atoms with van der Waals surface area (Å²) < 4.78 is 5.55. The molecule has 0 aromatic heterocycles. The lowest BCUT2D eigenvalue weighted by Gasteiger charge is -2.13. The van der Waals surface area contributed by atoms with Crippen molar-refractivity contribution in [1.29, 1.82) is 0 Å². The van der Waals surface area contributed by atoms with E-state index in [1.54, 1.807) is 0 Å². The highest BCUT2D eigenvalue weighted by Gasteiger charge is 2.05. The normalized spacial score (nSPS) is 12.4. The van der Waals surface area contributed by atoms with Crippen molar-refractivity contribution in [2.24, 2.45) is 0 Å². The van der Waals surface area contributed by atoms with E-state index in [2.05, 4.69) is 12.2 Å². The topological polar surface area (TPSA) is 41.5 Å². The van der Waals surface area contributed by atoms with Gasteiger partial charge in [-0.25, -0.2) is 0 Å². The molecule has 1 aromatic rings. The molecule has 0 amide bonds. The minimum absolute atomic E-state index is 0.295. The Hall–Kier alpha value is -0.770. The van der Waals surface area contributed by atoms with Gasteiger partial charge in [0.25, 0.3) is 0 Å². The summed E-state index contributed by atoms with van der Waals surface area (Å²) in [5, 5.41) is 13.8. The van der Waals surface area contributed by atoms with E-state index in [-0.39, 0.29) is 0 Å². The smallest absolute Gasteiger partial charge is 0.119 e. The zero-order valence-corrected chi connectivity index (χ0v) is 13.2. The molecule has 1 unspecified atom stereocenters. The lowest BCUT2D eigenvalue weighted by Crippen LogP contribution is -2.32. The van der Waals surface area contributed by atoms with E-state index in [0.717, 1.165) is 29.3 Å². The fourth-order valence-electron chi connectivity index (χ4n) is 1.90. The van der Waals surface area contributed by atoms with Crippen molar-refractivity contribution in [2.75, 3.05) is 19.7 Å². The monoisotopic (exact) mass is 299 g/mol. The molecule has 0 saturated carbocycles. The Kier molecular flexibility index (Phi) is 8.67. The average Bonchev–Trinajstić information content (AvgIpc) is 2.44. The quantitative estimate of drug-likeness (QED) is 0.649. The molecule has 0 bridgehead atoms. The molecule has 20 heavy (non-hydrogen) atoms. The van der Waals surface area contributed by atoms with Crippen LogP contribution in [0.25, 0.3) is 0 Å². The van der Waals surface area contributed by atoms with E-state index >= 15 is 0 Å². The van der Waals surface area contributed by atoms with E-state index in [9.17, 15) is 5.11 Å². The standard InChI is InChI=1S/C16H26ClNO2/c1-3-4-5-6-9-18-11-14(19)12-20-15-7-8-16(17)13(2)10-15/h7-8,10,14,18-19H,3-6,9,11-12H2,1-2H3. The predicted octanol–water partition coefficient (Wildman–Crippen LogP) is 3.56. The molecule has 0 radical (unpaired) electrons. The first-order chi connectivity index (χ1) is 9.63. The Morgan fingerprint density at radius 2 is 2.10 bits per heavy atom. The average molecular weight is 300 g/mol. The summed E-state index contributed by atoms with van der Waals surface area (Å²) in [7, 11) is 0. The van der Waals surface area contributed by atoms with Crippen LogP contribution in [-0.2, 0) is 0 Å². The maximum absolute atomic E-state index is 9.82. The van der Waals surface area contributed by atoms with Crippen molar-refractivity contribution < 1.29 is 9.84 Å². The van der Waals surface area contributed by atoms with Gasteiger partial charge in [-0.1, -0.05) is 37.8 Å². The number of hydrogen-bond acceptors (Lipinski definition) is 3. The maximum Gasteiger partial charge on any atom is 0.119 e. The number of ether oxygens (including phenoxy) is 1. The van der Waals surface area contributed by atoms with Crippen molar-refractivity contribution in [1.82, 2.24) is 5.32 Å². The molecule has 4 heteroatoms. The van der Waals surface area contributed by atoms with E-state index in [1.165, 1.54) is 19.3 Å². The zero-order valence-electron chi connectivity index (χ0n) is 12.5. The number of unbranched alkanes of at least 4 members (excludes halogenated alkanes) is 3. The van der Waals surface area contributed by atoms with Crippen LogP contribution < -0.4 is 10.1 Å². The molecular weight excluding hydrogens is 274 g/mol. The molecule has 1 rings (SSSR count). The lowest BCUT2D eigenvalue weighted by atomic mass is 10.2. The summed E-state index contributed by atoms with van der Waals surface area (Å²) in [5.41, 5.74) is 0.979. The second-order valence-corrected chi connectivity index (χ2v) is 5.55. The summed E-state index contributed by atoms with van der Waals surface area (Å²) in [6.07, 6.45) is 4.45. The zero-order chi connectivity index (χ0) is 14.8. The van der Waals surface area contributed by atoms with Crippen molar-refractivity contribution in [2.45, 2.75) is 45.6 Å². The van der Waals surface area contributed by atoms with Crippen LogP contribution in [0.5, 0.6) is 5.75 Å². The Morgan fingerprint density at radius 3 is 2.80 bits per heavy atom. The fourth-order valence-corrected chi connectivity index (χ4v) is 2.02. The summed E-state index contributed by atoms with van der Waals surface area (Å²) >= 11 is 5.95. The van der Waals surface area contributed by atoms with Crippen molar-refractivity contribution >= 4 is 11.6 Å². The Labute approximate surface area is 127 Å². The molecule has 0 aliphatic carbocycles. The number of hydrogen-bond donors (Lipinski definition) is 2. The van der Waals surface area contributed by atoms with Gasteiger partial charge in [0.05, 0.1) is 0 Å². The van der Waals surface area contributed by atoms with Gasteiger partial charge in [-0.2, -0.15) is 0 Å². The molecule has 0 spiro atoms. The molecular formula is C16H26ClNO2. The maximum atomic E-state index is 9.82. The van der Waals surface area contributed by atoms with E-state index < -0.39 is 6.10 Å². The van der Waals surface area contributed by atoms with Crippen LogP contribution in [0.3, 0.4) is 0 Å². The summed E-state index contributed by atoms with van der Waals surface area (Å²) in [5.74, 6) is 0.744. The van der Waals surface area contributed by atoms with Gasteiger partial charge in [0.2, 0.25) is 0 Å². The third-order valence-electron chi connectivity index (χ3n) is 3.16. The molecule has 1 aromatic carbocycles. The lowest BCUT2D eigenvalue weighted by molar-refractivity contribution is 0.106. The predicted molar refractivity (Wildman–Crippen MR) is 84.7 cm³/mol. The first-order valence-electron chi connectivity index (χ1n) is 7.41. The largest absolute Gasteiger partial charge is 0.491 e. The van der Waals surface area contributed by atoms with E-state index in [1.807, 2.05) is 25.1 Å². The number of nitrogens with one attached hydrogen (secondary N) is 1. The highest BCUT2D eigenvalue weighted by atomic mass is 35.5. The first kappa shape index (κ1) is 17.3. The molecule has 0 aliphatic heterocycles. The minimum atomic E-state index is -0.489. The number of benzene rings is 1. The first-order valence-corrected chi connectivity index (χ1v) is 7.79. The van der Waals surface area contributed by atoms with Crippen LogP contribution >= 0.6 is 11.6 Å². The second kappa shape index (κ2) is 10.0. The summed E-state index contributed by atoms with van der Waals surface area (Å²) in [6.45, 7) is 5.95. The van der Waals surface area contributed by atoms with Gasteiger partial charge < -0.3 is 15.2 Å². The number of aliphatic hydroxyl groups is 1. The molecule has 3 nitrogen and oxygen atoms in total. The Bertz CT molecular complexity index is 385. The molecule has 2 N–H and O–H groups in total. The molecule has 0 aliphatic rings. The van der Waals surface area contributed by atoms with Crippen molar-refractivity contribution in [3.63, 3.8) is 0 Å². The summed E-state index contributed by atoms with van der Waals surface area (Å²) in [4.78, 5) is 0. The van der Waals surface area contributed by atoms with E-state index in [0.29, 0.717) is 13.2 Å².